The number of nitrogens with zero attached hydrogens (tertiary/aromatic N) is 4. The quantitative estimate of drug-likeness (QED) is 0.487. The van der Waals surface area contributed by atoms with E-state index in [-0.39, 0.29) is 12.1 Å². The average molecular weight is 468 g/mol. The number of rotatable bonds is 9. The fourth-order valence-corrected chi connectivity index (χ4v) is 5.02. The molecule has 3 heterocycles. The lowest BCUT2D eigenvalue weighted by atomic mass is 10.0. The molecule has 2 atom stereocenters. The van der Waals surface area contributed by atoms with Gasteiger partial charge < -0.3 is 19.7 Å². The first kappa shape index (κ1) is 23.4. The molecule has 176 valence electrons. The molecule has 3 aromatic rings. The highest BCUT2D eigenvalue weighted by Crippen LogP contribution is 2.31. The maximum absolute atomic E-state index is 6.09. The van der Waals surface area contributed by atoms with Gasteiger partial charge in [0.05, 0.1) is 36.3 Å². The lowest BCUT2D eigenvalue weighted by Crippen LogP contribution is -2.35. The van der Waals surface area contributed by atoms with Crippen molar-refractivity contribution >= 4 is 22.3 Å². The smallest absolute Gasteiger partial charge is 0.185 e. The molecule has 7 nitrogen and oxygen atoms in total. The molecule has 0 bridgehead atoms. The zero-order valence-corrected chi connectivity index (χ0v) is 20.9. The Balaban J connectivity index is 1.65. The van der Waals surface area contributed by atoms with E-state index in [1.807, 2.05) is 30.6 Å². The minimum atomic E-state index is 0.0685. The summed E-state index contributed by atoms with van der Waals surface area (Å²) in [4.78, 5) is 17.0. The first-order chi connectivity index (χ1) is 16.1. The number of nitrogens with one attached hydrogen (secondary N) is 1. The van der Waals surface area contributed by atoms with Gasteiger partial charge in [-0.1, -0.05) is 13.8 Å². The van der Waals surface area contributed by atoms with Crippen LogP contribution in [-0.2, 0) is 17.6 Å². The Bertz CT molecular complexity index is 1070. The topological polar surface area (TPSA) is 72.4 Å². The van der Waals surface area contributed by atoms with Crippen molar-refractivity contribution in [1.82, 2.24) is 15.0 Å². The number of aromatic nitrogens is 3. The van der Waals surface area contributed by atoms with Crippen molar-refractivity contribution in [2.45, 2.75) is 52.7 Å². The molecule has 1 N–H and O–H groups in total. The van der Waals surface area contributed by atoms with Gasteiger partial charge >= 0.3 is 0 Å². The van der Waals surface area contributed by atoms with Crippen molar-refractivity contribution in [3.8, 4) is 17.0 Å². The van der Waals surface area contributed by atoms with Gasteiger partial charge in [0.15, 0.2) is 5.13 Å². The Morgan fingerprint density at radius 3 is 2.58 bits per heavy atom. The molecule has 1 fully saturated rings. The molecule has 33 heavy (non-hydrogen) atoms. The molecular weight excluding hydrogens is 434 g/mol. The Morgan fingerprint density at radius 2 is 1.94 bits per heavy atom. The molecule has 4 rings (SSSR count). The van der Waals surface area contributed by atoms with E-state index in [1.165, 1.54) is 0 Å². The second-order valence-electron chi connectivity index (χ2n) is 8.17. The molecule has 1 saturated heterocycles. The minimum absolute atomic E-state index is 0.0685. The van der Waals surface area contributed by atoms with E-state index in [0.29, 0.717) is 6.61 Å². The number of aryl methyl sites for hydroxylation is 3. The number of hydrogen-bond acceptors (Lipinski definition) is 8. The van der Waals surface area contributed by atoms with Crippen LogP contribution in [0.5, 0.6) is 5.75 Å². The van der Waals surface area contributed by atoms with Crippen LogP contribution in [0, 0.1) is 6.92 Å². The van der Waals surface area contributed by atoms with Gasteiger partial charge in [-0.3, -0.25) is 0 Å². The third-order valence-corrected chi connectivity index (χ3v) is 6.89. The van der Waals surface area contributed by atoms with Gasteiger partial charge in [-0.15, -0.1) is 11.3 Å². The molecule has 8 heteroatoms. The summed E-state index contributed by atoms with van der Waals surface area (Å²) < 4.78 is 11.5. The fraction of sp³-hybridized carbons (Fsp3) is 0.480. The van der Waals surface area contributed by atoms with E-state index in [9.17, 15) is 0 Å². The van der Waals surface area contributed by atoms with Crippen molar-refractivity contribution in [2.24, 2.45) is 0 Å². The fourth-order valence-electron chi connectivity index (χ4n) is 4.36. The predicted octanol–water partition coefficient (Wildman–Crippen LogP) is 4.75. The Hall–Kier alpha value is -2.71. The summed E-state index contributed by atoms with van der Waals surface area (Å²) in [6.45, 7) is 10.7. The van der Waals surface area contributed by atoms with E-state index in [0.717, 1.165) is 70.8 Å². The number of hydrogen-bond donors (Lipinski definition) is 1. The molecule has 0 radical (unpaired) electrons. The van der Waals surface area contributed by atoms with Crippen LogP contribution in [0.2, 0.25) is 0 Å². The number of benzene rings is 1. The monoisotopic (exact) mass is 467 g/mol. The van der Waals surface area contributed by atoms with Gasteiger partial charge in [0.25, 0.3) is 0 Å². The summed E-state index contributed by atoms with van der Waals surface area (Å²) >= 11 is 1.66. The highest BCUT2D eigenvalue weighted by Gasteiger charge is 2.35. The Kier molecular flexibility index (Phi) is 7.45. The first-order valence-corrected chi connectivity index (χ1v) is 12.5. The first-order valence-electron chi connectivity index (χ1n) is 11.6. The van der Waals surface area contributed by atoms with Gasteiger partial charge in [0, 0.05) is 36.8 Å². The number of ether oxygens (including phenoxy) is 2. The summed E-state index contributed by atoms with van der Waals surface area (Å²) in [5, 5.41) is 6.74. The summed E-state index contributed by atoms with van der Waals surface area (Å²) in [7, 11) is 1.69. The van der Waals surface area contributed by atoms with Crippen LogP contribution in [-0.4, -0.2) is 53.9 Å². The van der Waals surface area contributed by atoms with Gasteiger partial charge in [-0.25, -0.2) is 15.0 Å². The molecule has 0 amide bonds. The van der Waals surface area contributed by atoms with E-state index in [4.69, 9.17) is 19.4 Å². The van der Waals surface area contributed by atoms with Gasteiger partial charge in [0.2, 0.25) is 0 Å². The van der Waals surface area contributed by atoms with E-state index in [2.05, 4.69) is 42.0 Å². The largest absolute Gasteiger partial charge is 0.497 e. The highest BCUT2D eigenvalue weighted by atomic mass is 32.1. The summed E-state index contributed by atoms with van der Waals surface area (Å²) in [6.07, 6.45) is 3.52. The van der Waals surface area contributed by atoms with Gasteiger partial charge in [-0.2, -0.15) is 0 Å². The highest BCUT2D eigenvalue weighted by molar-refractivity contribution is 7.13. The third kappa shape index (κ3) is 4.96. The molecule has 1 aromatic carbocycles. The van der Waals surface area contributed by atoms with Crippen molar-refractivity contribution in [3.63, 3.8) is 0 Å². The van der Waals surface area contributed by atoms with Crippen LogP contribution in [0.4, 0.5) is 10.9 Å². The van der Waals surface area contributed by atoms with E-state index >= 15 is 0 Å². The second-order valence-corrected chi connectivity index (χ2v) is 9.04. The van der Waals surface area contributed by atoms with Gasteiger partial charge in [0.1, 0.15) is 11.6 Å². The van der Waals surface area contributed by atoms with Crippen LogP contribution in [0.1, 0.15) is 37.7 Å². The van der Waals surface area contributed by atoms with Crippen LogP contribution < -0.4 is 15.0 Å². The summed E-state index contributed by atoms with van der Waals surface area (Å²) in [6, 6.07) is 6.23. The molecule has 0 aliphatic carbocycles. The molecule has 1 aliphatic heterocycles. The van der Waals surface area contributed by atoms with Crippen molar-refractivity contribution in [3.05, 3.63) is 46.7 Å². The molecule has 0 saturated carbocycles. The average Bonchev–Trinajstić information content (AvgIpc) is 3.49. The maximum atomic E-state index is 6.09. The molecule has 1 aliphatic rings. The Labute approximate surface area is 200 Å². The molecular formula is C25H33N5O2S. The lowest BCUT2D eigenvalue weighted by molar-refractivity contribution is 0.0719. The third-order valence-electron chi connectivity index (χ3n) is 6.06. The SMILES string of the molecule is CCO[C@H]1CN(c2nccs2)C[C@H]1Nc1nc(CC)c(-c2ccc(OC)cc2C)nc1CC. The number of thiazole rings is 1. The maximum Gasteiger partial charge on any atom is 0.185 e. The zero-order chi connectivity index (χ0) is 23.4. The molecule has 0 spiro atoms. The van der Waals surface area contributed by atoms with Crippen molar-refractivity contribution in [1.29, 1.82) is 0 Å². The van der Waals surface area contributed by atoms with Crippen LogP contribution in [0.3, 0.4) is 0 Å². The standard InChI is InChI=1S/C25H33N5O2S/c1-6-19-23(18-10-9-17(31-5)13-16(18)4)27-20(7-2)24(28-19)29-21-14-30(15-22(21)32-8-3)25-26-11-12-33-25/h9-13,21-22H,6-8,14-15H2,1-5H3,(H,28,29)/t21-,22+/m1/s1. The zero-order valence-electron chi connectivity index (χ0n) is 20.1. The van der Waals surface area contributed by atoms with Crippen molar-refractivity contribution in [2.75, 3.05) is 37.0 Å². The van der Waals surface area contributed by atoms with Gasteiger partial charge in [-0.05, 0) is 50.5 Å². The Morgan fingerprint density at radius 1 is 1.12 bits per heavy atom. The predicted molar refractivity (Wildman–Crippen MR) is 135 cm³/mol. The van der Waals surface area contributed by atoms with Crippen LogP contribution in [0.25, 0.3) is 11.3 Å². The normalized spacial score (nSPS) is 18.0. The summed E-state index contributed by atoms with van der Waals surface area (Å²) in [5.41, 5.74) is 5.15. The number of methoxy groups -OCH3 is 1. The lowest BCUT2D eigenvalue weighted by Gasteiger charge is -2.22. The van der Waals surface area contributed by atoms with E-state index < -0.39 is 0 Å². The number of anilines is 2. The van der Waals surface area contributed by atoms with Crippen LogP contribution >= 0.6 is 11.3 Å². The van der Waals surface area contributed by atoms with E-state index in [1.54, 1.807) is 18.4 Å². The minimum Gasteiger partial charge on any atom is -0.497 e. The van der Waals surface area contributed by atoms with Crippen LogP contribution in [0.15, 0.2) is 29.8 Å². The van der Waals surface area contributed by atoms with Crippen molar-refractivity contribution < 1.29 is 9.47 Å². The molecule has 0 unspecified atom stereocenters. The molecule has 2 aromatic heterocycles. The summed E-state index contributed by atoms with van der Waals surface area (Å²) in [5.74, 6) is 1.71. The second kappa shape index (κ2) is 10.5.